The third kappa shape index (κ3) is 3.06. The van der Waals surface area contributed by atoms with Gasteiger partial charge in [0.05, 0.1) is 22.9 Å². The van der Waals surface area contributed by atoms with Crippen molar-refractivity contribution in [2.24, 2.45) is 0 Å². The maximum Gasteiger partial charge on any atom is 0.256 e. The number of para-hydroxylation sites is 1. The van der Waals surface area contributed by atoms with Crippen molar-refractivity contribution in [1.29, 1.82) is 0 Å². The summed E-state index contributed by atoms with van der Waals surface area (Å²) in [4.78, 5) is 12.7. The molecule has 2 heterocycles. The maximum atomic E-state index is 12.7. The van der Waals surface area contributed by atoms with Crippen molar-refractivity contribution in [2.45, 2.75) is 18.4 Å². The van der Waals surface area contributed by atoms with E-state index in [0.717, 1.165) is 22.5 Å². The minimum absolute atomic E-state index is 0.253. The lowest BCUT2D eigenvalue weighted by molar-refractivity contribution is 0.102. The largest absolute Gasteiger partial charge is 0.306 e. The Labute approximate surface area is 158 Å². The van der Waals surface area contributed by atoms with E-state index >= 15 is 0 Å². The highest BCUT2D eigenvalue weighted by Gasteiger charge is 2.28. The second-order valence-electron chi connectivity index (χ2n) is 6.16. The molecule has 0 bridgehead atoms. The van der Waals surface area contributed by atoms with Crippen LogP contribution in [0.4, 0.5) is 5.82 Å². The van der Waals surface area contributed by atoms with Gasteiger partial charge in [0, 0.05) is 26.9 Å². The van der Waals surface area contributed by atoms with Crippen molar-refractivity contribution >= 4 is 34.1 Å². The van der Waals surface area contributed by atoms with Crippen LogP contribution < -0.4 is 5.32 Å². The number of carbonyl (C=O) groups excluding carboxylic acids is 1. The minimum atomic E-state index is -0.975. The van der Waals surface area contributed by atoms with Gasteiger partial charge >= 0.3 is 0 Å². The van der Waals surface area contributed by atoms with Crippen LogP contribution in [0.15, 0.2) is 48.5 Å². The molecule has 0 radical (unpaired) electrons. The molecule has 0 fully saturated rings. The maximum absolute atomic E-state index is 12.7. The first kappa shape index (κ1) is 17.0. The van der Waals surface area contributed by atoms with Crippen LogP contribution >= 0.6 is 11.6 Å². The van der Waals surface area contributed by atoms with Gasteiger partial charge in [0.15, 0.2) is 0 Å². The van der Waals surface area contributed by atoms with Crippen LogP contribution in [0, 0.1) is 6.92 Å². The zero-order valence-corrected chi connectivity index (χ0v) is 15.6. The Morgan fingerprint density at radius 1 is 1.15 bits per heavy atom. The molecule has 0 spiro atoms. The highest BCUT2D eigenvalue weighted by molar-refractivity contribution is 7.83. The predicted molar refractivity (Wildman–Crippen MR) is 103 cm³/mol. The van der Waals surface area contributed by atoms with E-state index in [1.165, 1.54) is 0 Å². The first-order valence-corrected chi connectivity index (χ1v) is 9.98. The third-order valence-corrected chi connectivity index (χ3v) is 5.81. The van der Waals surface area contributed by atoms with Crippen LogP contribution in [-0.2, 0) is 22.3 Å². The van der Waals surface area contributed by atoms with Gasteiger partial charge in [-0.05, 0) is 42.8 Å². The van der Waals surface area contributed by atoms with Gasteiger partial charge in [-0.25, -0.2) is 4.68 Å². The van der Waals surface area contributed by atoms with Gasteiger partial charge in [0.2, 0.25) is 0 Å². The molecule has 1 amide bonds. The van der Waals surface area contributed by atoms with E-state index < -0.39 is 10.8 Å². The molecule has 3 aromatic rings. The molecule has 1 unspecified atom stereocenters. The van der Waals surface area contributed by atoms with Gasteiger partial charge in [-0.15, -0.1) is 0 Å². The summed E-state index contributed by atoms with van der Waals surface area (Å²) in [6, 6.07) is 14.5. The van der Waals surface area contributed by atoms with Gasteiger partial charge in [0.25, 0.3) is 5.91 Å². The van der Waals surface area contributed by atoms with E-state index in [1.807, 2.05) is 31.2 Å². The van der Waals surface area contributed by atoms with E-state index in [0.29, 0.717) is 27.9 Å². The summed E-state index contributed by atoms with van der Waals surface area (Å²) in [5, 5.41) is 8.15. The lowest BCUT2D eigenvalue weighted by Crippen LogP contribution is -2.17. The fourth-order valence-electron chi connectivity index (χ4n) is 3.01. The number of nitrogens with one attached hydrogen (secondary N) is 1. The van der Waals surface area contributed by atoms with Crippen LogP contribution in [0.1, 0.15) is 27.2 Å². The normalized spacial score (nSPS) is 15.7. The molecule has 1 N–H and O–H groups in total. The number of hydrogen-bond acceptors (Lipinski definition) is 3. The number of fused-ring (bicyclic) bond motifs is 1. The fraction of sp³-hybridized carbons (Fsp3) is 0.158. The van der Waals surface area contributed by atoms with Crippen molar-refractivity contribution in [1.82, 2.24) is 9.78 Å². The summed E-state index contributed by atoms with van der Waals surface area (Å²) in [7, 11) is -0.975. The summed E-state index contributed by atoms with van der Waals surface area (Å²) >= 11 is 5.89. The molecule has 5 nitrogen and oxygen atoms in total. The van der Waals surface area contributed by atoms with E-state index in [4.69, 9.17) is 11.6 Å². The molecular weight excluding hydrogens is 370 g/mol. The standard InChI is InChI=1S/C19H16ClN3O2S/c1-12-4-2-3-5-17(12)23-18(15-10-26(25)11-16(15)22-23)21-19(24)13-6-8-14(20)9-7-13/h2-9H,10-11H2,1H3,(H,21,24). The summed E-state index contributed by atoms with van der Waals surface area (Å²) in [6.45, 7) is 1.99. The Morgan fingerprint density at radius 2 is 1.88 bits per heavy atom. The van der Waals surface area contributed by atoms with E-state index in [-0.39, 0.29) is 5.91 Å². The third-order valence-electron chi connectivity index (χ3n) is 4.35. The molecule has 0 aliphatic carbocycles. The molecular formula is C19H16ClN3O2S. The number of hydrogen-bond donors (Lipinski definition) is 1. The van der Waals surface area contributed by atoms with Crippen molar-refractivity contribution < 1.29 is 9.00 Å². The number of rotatable bonds is 3. The Bertz CT molecular complexity index is 1030. The molecule has 4 rings (SSSR count). The Balaban J connectivity index is 1.77. The van der Waals surface area contributed by atoms with Crippen LogP contribution in [0.5, 0.6) is 0 Å². The SMILES string of the molecule is Cc1ccccc1-n1nc2c(c1NC(=O)c1ccc(Cl)cc1)CS(=O)C2. The lowest BCUT2D eigenvalue weighted by Gasteiger charge is -2.13. The molecule has 26 heavy (non-hydrogen) atoms. The summed E-state index contributed by atoms with van der Waals surface area (Å²) in [5.74, 6) is 1.15. The number of amides is 1. The second-order valence-corrected chi connectivity index (χ2v) is 8.06. The van der Waals surface area contributed by atoms with Gasteiger partial charge in [-0.1, -0.05) is 29.8 Å². The first-order chi connectivity index (χ1) is 12.5. The number of benzene rings is 2. The molecule has 1 aromatic heterocycles. The average molecular weight is 386 g/mol. The Hall–Kier alpha value is -2.44. The Morgan fingerprint density at radius 3 is 2.62 bits per heavy atom. The highest BCUT2D eigenvalue weighted by atomic mass is 35.5. The second kappa shape index (κ2) is 6.70. The van der Waals surface area contributed by atoms with Crippen molar-refractivity contribution in [3.63, 3.8) is 0 Å². The Kier molecular flexibility index (Phi) is 4.38. The fourth-order valence-corrected chi connectivity index (χ4v) is 4.40. The smallest absolute Gasteiger partial charge is 0.256 e. The zero-order chi connectivity index (χ0) is 18.3. The van der Waals surface area contributed by atoms with E-state index in [2.05, 4.69) is 10.4 Å². The molecule has 1 atom stereocenters. The van der Waals surface area contributed by atoms with Gasteiger partial charge in [0.1, 0.15) is 5.82 Å². The molecule has 0 saturated carbocycles. The number of aryl methyl sites for hydroxylation is 1. The van der Waals surface area contributed by atoms with E-state index in [1.54, 1.807) is 28.9 Å². The highest BCUT2D eigenvalue weighted by Crippen LogP contribution is 2.32. The van der Waals surface area contributed by atoms with E-state index in [9.17, 15) is 9.00 Å². The summed E-state index contributed by atoms with van der Waals surface area (Å²) in [5.41, 5.74) is 4.04. The number of carbonyl (C=O) groups is 1. The molecule has 0 saturated heterocycles. The molecule has 132 valence electrons. The average Bonchev–Trinajstić information content (AvgIpc) is 3.13. The van der Waals surface area contributed by atoms with Crippen LogP contribution in [0.3, 0.4) is 0 Å². The minimum Gasteiger partial charge on any atom is -0.306 e. The number of nitrogens with zero attached hydrogens (tertiary/aromatic N) is 2. The first-order valence-electron chi connectivity index (χ1n) is 8.11. The molecule has 7 heteroatoms. The quantitative estimate of drug-likeness (QED) is 0.744. The van der Waals surface area contributed by atoms with Gasteiger partial charge in [-0.3, -0.25) is 9.00 Å². The van der Waals surface area contributed by atoms with Crippen molar-refractivity contribution in [3.8, 4) is 5.69 Å². The van der Waals surface area contributed by atoms with Gasteiger partial charge < -0.3 is 5.32 Å². The van der Waals surface area contributed by atoms with Gasteiger partial charge in [-0.2, -0.15) is 5.10 Å². The molecule has 2 aromatic carbocycles. The van der Waals surface area contributed by atoms with Crippen molar-refractivity contribution in [3.05, 3.63) is 75.9 Å². The number of aromatic nitrogens is 2. The molecule has 1 aliphatic rings. The van der Waals surface area contributed by atoms with Crippen molar-refractivity contribution in [2.75, 3.05) is 5.32 Å². The molecule has 1 aliphatic heterocycles. The predicted octanol–water partition coefficient (Wildman–Crippen LogP) is 3.85. The monoisotopic (exact) mass is 385 g/mol. The number of halogens is 1. The van der Waals surface area contributed by atoms with Crippen LogP contribution in [-0.4, -0.2) is 19.9 Å². The van der Waals surface area contributed by atoms with Crippen LogP contribution in [0.25, 0.3) is 5.69 Å². The van der Waals surface area contributed by atoms with Crippen LogP contribution in [0.2, 0.25) is 5.02 Å². The summed E-state index contributed by atoms with van der Waals surface area (Å²) in [6.07, 6.45) is 0. The summed E-state index contributed by atoms with van der Waals surface area (Å²) < 4.78 is 13.7. The topological polar surface area (TPSA) is 64.0 Å². The zero-order valence-electron chi connectivity index (χ0n) is 14.0. The number of anilines is 1. The lowest BCUT2D eigenvalue weighted by atomic mass is 10.2.